The molecule has 0 saturated carbocycles. The molecular formula is C13H10N4O. The summed E-state index contributed by atoms with van der Waals surface area (Å²) in [6.07, 6.45) is 0. The van der Waals surface area contributed by atoms with Gasteiger partial charge in [-0.3, -0.25) is 9.89 Å². The number of nitrogens with zero attached hydrogens (tertiary/aromatic N) is 2. The first-order valence-corrected chi connectivity index (χ1v) is 5.50. The molecule has 88 valence electrons. The highest BCUT2D eigenvalue weighted by Gasteiger charge is 2.07. The fourth-order valence-corrected chi connectivity index (χ4v) is 1.68. The minimum atomic E-state index is -0.162. The molecule has 0 radical (unpaired) electrons. The number of hydrogen-bond donors (Lipinski definition) is 2. The number of pyridine rings is 1. The Labute approximate surface area is 103 Å². The third kappa shape index (κ3) is 1.93. The highest BCUT2D eigenvalue weighted by atomic mass is 16.1. The highest BCUT2D eigenvalue weighted by Crippen LogP contribution is 2.17. The molecule has 0 aliphatic rings. The van der Waals surface area contributed by atoms with E-state index in [0.717, 1.165) is 5.56 Å². The standard InChI is InChI=1S/C13H10N4O/c18-11-8-4-7-10(14-11)13-15-12(16-17-13)9-5-2-1-3-6-9/h1-8H,(H,14,18)(H,15,16,17). The maximum Gasteiger partial charge on any atom is 0.248 e. The number of rotatable bonds is 2. The van der Waals surface area contributed by atoms with Crippen LogP contribution < -0.4 is 5.56 Å². The lowest BCUT2D eigenvalue weighted by Crippen LogP contribution is -2.03. The number of nitrogens with one attached hydrogen (secondary N) is 2. The van der Waals surface area contributed by atoms with Crippen LogP contribution in [0.3, 0.4) is 0 Å². The van der Waals surface area contributed by atoms with Gasteiger partial charge in [0.25, 0.3) is 0 Å². The predicted molar refractivity (Wildman–Crippen MR) is 67.9 cm³/mol. The van der Waals surface area contributed by atoms with E-state index >= 15 is 0 Å². The second-order valence-electron chi connectivity index (χ2n) is 3.80. The molecule has 1 aromatic carbocycles. The Bertz CT molecular complexity index is 715. The Balaban J connectivity index is 2.02. The summed E-state index contributed by atoms with van der Waals surface area (Å²) in [5.74, 6) is 1.15. The predicted octanol–water partition coefficient (Wildman–Crippen LogP) is 1.83. The van der Waals surface area contributed by atoms with Gasteiger partial charge in [0.15, 0.2) is 11.6 Å². The Morgan fingerprint density at radius 2 is 1.78 bits per heavy atom. The molecule has 2 N–H and O–H groups in total. The smallest absolute Gasteiger partial charge is 0.248 e. The van der Waals surface area contributed by atoms with Gasteiger partial charge in [0.2, 0.25) is 5.56 Å². The van der Waals surface area contributed by atoms with Crippen LogP contribution in [0, 0.1) is 0 Å². The first-order chi connectivity index (χ1) is 8.83. The van der Waals surface area contributed by atoms with Gasteiger partial charge in [-0.05, 0) is 6.07 Å². The van der Waals surface area contributed by atoms with Crippen LogP contribution in [-0.4, -0.2) is 20.2 Å². The highest BCUT2D eigenvalue weighted by molar-refractivity contribution is 5.58. The molecule has 0 amide bonds. The maximum absolute atomic E-state index is 11.2. The van der Waals surface area contributed by atoms with Gasteiger partial charge in [0, 0.05) is 11.6 Å². The van der Waals surface area contributed by atoms with E-state index in [1.165, 1.54) is 6.07 Å². The van der Waals surface area contributed by atoms with Crippen molar-refractivity contribution in [1.29, 1.82) is 0 Å². The molecule has 5 heteroatoms. The fourth-order valence-electron chi connectivity index (χ4n) is 1.68. The molecule has 0 bridgehead atoms. The Hall–Kier alpha value is -2.69. The molecule has 0 fully saturated rings. The van der Waals surface area contributed by atoms with E-state index in [0.29, 0.717) is 17.3 Å². The van der Waals surface area contributed by atoms with E-state index in [9.17, 15) is 4.79 Å². The molecule has 3 aromatic rings. The largest absolute Gasteiger partial charge is 0.319 e. The van der Waals surface area contributed by atoms with Gasteiger partial charge < -0.3 is 4.98 Å². The Morgan fingerprint density at radius 3 is 2.56 bits per heavy atom. The van der Waals surface area contributed by atoms with E-state index in [1.54, 1.807) is 12.1 Å². The van der Waals surface area contributed by atoms with Crippen LogP contribution in [0.4, 0.5) is 0 Å². The molecule has 5 nitrogen and oxygen atoms in total. The summed E-state index contributed by atoms with van der Waals surface area (Å²) in [7, 11) is 0. The van der Waals surface area contributed by atoms with Crippen molar-refractivity contribution in [1.82, 2.24) is 20.2 Å². The molecule has 0 aliphatic heterocycles. The number of aromatic nitrogens is 4. The van der Waals surface area contributed by atoms with Crippen LogP contribution in [0.2, 0.25) is 0 Å². The summed E-state index contributed by atoms with van der Waals surface area (Å²) in [4.78, 5) is 18.3. The van der Waals surface area contributed by atoms with Crippen molar-refractivity contribution < 1.29 is 0 Å². The molecule has 0 spiro atoms. The summed E-state index contributed by atoms with van der Waals surface area (Å²) in [6.45, 7) is 0. The van der Waals surface area contributed by atoms with Crippen molar-refractivity contribution in [3.8, 4) is 22.9 Å². The Kier molecular flexibility index (Phi) is 2.49. The van der Waals surface area contributed by atoms with Crippen molar-refractivity contribution in [2.75, 3.05) is 0 Å². The second kappa shape index (κ2) is 4.29. The topological polar surface area (TPSA) is 74.4 Å². The third-order valence-electron chi connectivity index (χ3n) is 2.54. The van der Waals surface area contributed by atoms with Crippen molar-refractivity contribution in [3.05, 3.63) is 58.9 Å². The summed E-state index contributed by atoms with van der Waals surface area (Å²) in [6, 6.07) is 14.6. The van der Waals surface area contributed by atoms with Gasteiger partial charge >= 0.3 is 0 Å². The molecular weight excluding hydrogens is 228 g/mol. The van der Waals surface area contributed by atoms with Gasteiger partial charge in [-0.1, -0.05) is 36.4 Å². The van der Waals surface area contributed by atoms with E-state index in [4.69, 9.17) is 0 Å². The molecule has 0 unspecified atom stereocenters. The van der Waals surface area contributed by atoms with Crippen molar-refractivity contribution in [3.63, 3.8) is 0 Å². The zero-order valence-electron chi connectivity index (χ0n) is 9.42. The first-order valence-electron chi connectivity index (χ1n) is 5.50. The number of hydrogen-bond acceptors (Lipinski definition) is 3. The monoisotopic (exact) mass is 238 g/mol. The average Bonchev–Trinajstić information content (AvgIpc) is 2.89. The van der Waals surface area contributed by atoms with E-state index < -0.39 is 0 Å². The number of aromatic amines is 2. The van der Waals surface area contributed by atoms with Crippen molar-refractivity contribution in [2.45, 2.75) is 0 Å². The summed E-state index contributed by atoms with van der Waals surface area (Å²) >= 11 is 0. The SMILES string of the molecule is O=c1cccc(-c2nc(-c3ccccc3)n[nH]2)[nH]1. The van der Waals surface area contributed by atoms with Crippen molar-refractivity contribution >= 4 is 0 Å². The normalized spacial score (nSPS) is 10.4. The molecule has 18 heavy (non-hydrogen) atoms. The second-order valence-corrected chi connectivity index (χ2v) is 3.80. The number of H-pyrrole nitrogens is 2. The van der Waals surface area contributed by atoms with E-state index in [1.807, 2.05) is 30.3 Å². The lowest BCUT2D eigenvalue weighted by atomic mass is 10.2. The van der Waals surface area contributed by atoms with Gasteiger partial charge in [0.05, 0.1) is 5.69 Å². The average molecular weight is 238 g/mol. The zero-order valence-corrected chi connectivity index (χ0v) is 9.42. The van der Waals surface area contributed by atoms with Crippen LogP contribution in [0.25, 0.3) is 22.9 Å². The minimum Gasteiger partial charge on any atom is -0.319 e. The molecule has 2 aromatic heterocycles. The van der Waals surface area contributed by atoms with Crippen LogP contribution in [0.1, 0.15) is 0 Å². The lowest BCUT2D eigenvalue weighted by molar-refractivity contribution is 1.08. The quantitative estimate of drug-likeness (QED) is 0.715. The first kappa shape index (κ1) is 10.5. The molecule has 3 rings (SSSR count). The fraction of sp³-hybridized carbons (Fsp3) is 0. The summed E-state index contributed by atoms with van der Waals surface area (Å²) in [5, 5.41) is 6.95. The molecule has 0 saturated heterocycles. The Morgan fingerprint density at radius 1 is 0.944 bits per heavy atom. The van der Waals surface area contributed by atoms with Gasteiger partial charge in [-0.25, -0.2) is 4.98 Å². The third-order valence-corrected chi connectivity index (χ3v) is 2.54. The van der Waals surface area contributed by atoms with Crippen LogP contribution in [0.15, 0.2) is 53.3 Å². The zero-order chi connectivity index (χ0) is 12.4. The van der Waals surface area contributed by atoms with Gasteiger partial charge in [-0.2, -0.15) is 5.10 Å². The van der Waals surface area contributed by atoms with Crippen LogP contribution >= 0.6 is 0 Å². The number of benzene rings is 1. The molecule has 0 atom stereocenters. The van der Waals surface area contributed by atoms with Crippen LogP contribution in [-0.2, 0) is 0 Å². The van der Waals surface area contributed by atoms with Crippen LogP contribution in [0.5, 0.6) is 0 Å². The van der Waals surface area contributed by atoms with Crippen molar-refractivity contribution in [2.24, 2.45) is 0 Å². The molecule has 0 aliphatic carbocycles. The maximum atomic E-state index is 11.2. The van der Waals surface area contributed by atoms with Gasteiger partial charge in [0.1, 0.15) is 0 Å². The van der Waals surface area contributed by atoms with E-state index in [-0.39, 0.29) is 5.56 Å². The molecule has 2 heterocycles. The van der Waals surface area contributed by atoms with E-state index in [2.05, 4.69) is 20.2 Å². The summed E-state index contributed by atoms with van der Waals surface area (Å²) in [5.41, 5.74) is 1.39. The van der Waals surface area contributed by atoms with Gasteiger partial charge in [-0.15, -0.1) is 0 Å². The summed E-state index contributed by atoms with van der Waals surface area (Å²) < 4.78 is 0. The lowest BCUT2D eigenvalue weighted by Gasteiger charge is -1.94. The minimum absolute atomic E-state index is 0.162.